The fourth-order valence-electron chi connectivity index (χ4n) is 3.01. The molecule has 20 heavy (non-hydrogen) atoms. The monoisotopic (exact) mass is 279 g/mol. The second kappa shape index (κ2) is 6.95. The van der Waals surface area contributed by atoms with Crippen LogP contribution in [0.4, 0.5) is 0 Å². The zero-order valence-electron chi connectivity index (χ0n) is 12.8. The number of nitrogens with one attached hydrogen (secondary N) is 1. The molecule has 112 valence electrons. The summed E-state index contributed by atoms with van der Waals surface area (Å²) in [6.07, 6.45) is 2.42. The van der Waals surface area contributed by atoms with Gasteiger partial charge >= 0.3 is 0 Å². The molecule has 0 saturated carbocycles. The van der Waals surface area contributed by atoms with E-state index in [-0.39, 0.29) is 0 Å². The van der Waals surface area contributed by atoms with E-state index in [4.69, 9.17) is 14.2 Å². The van der Waals surface area contributed by atoms with E-state index in [2.05, 4.69) is 24.4 Å². The van der Waals surface area contributed by atoms with Crippen molar-refractivity contribution in [3.8, 4) is 11.5 Å². The summed E-state index contributed by atoms with van der Waals surface area (Å²) in [5, 5.41) is 3.44. The second-order valence-corrected chi connectivity index (χ2v) is 5.32. The third kappa shape index (κ3) is 3.25. The van der Waals surface area contributed by atoms with E-state index in [1.807, 2.05) is 13.1 Å². The Morgan fingerprint density at radius 1 is 1.30 bits per heavy atom. The average Bonchev–Trinajstić information content (AvgIpc) is 2.90. The van der Waals surface area contributed by atoms with Crippen LogP contribution in [-0.4, -0.2) is 40.0 Å². The Bertz CT molecular complexity index is 436. The number of likely N-dealkylation sites (N-methyl/N-ethyl adjacent to an activating group) is 1. The SMILES string of the molecule is CNC(Cc1ccc(OC)c(OC)c1)C1CCOC1C. The molecule has 2 rings (SSSR count). The Morgan fingerprint density at radius 2 is 2.05 bits per heavy atom. The molecule has 1 aliphatic rings. The number of hydrogen-bond donors (Lipinski definition) is 1. The van der Waals surface area contributed by atoms with Gasteiger partial charge in [0.1, 0.15) is 0 Å². The van der Waals surface area contributed by atoms with Crippen LogP contribution in [0.25, 0.3) is 0 Å². The molecule has 4 nitrogen and oxygen atoms in total. The van der Waals surface area contributed by atoms with Gasteiger partial charge in [0.25, 0.3) is 0 Å². The summed E-state index contributed by atoms with van der Waals surface area (Å²) in [6, 6.07) is 6.55. The van der Waals surface area contributed by atoms with Gasteiger partial charge in [-0.3, -0.25) is 0 Å². The lowest BCUT2D eigenvalue weighted by molar-refractivity contribution is 0.0963. The van der Waals surface area contributed by atoms with E-state index in [1.54, 1.807) is 14.2 Å². The van der Waals surface area contributed by atoms with Gasteiger partial charge in [-0.2, -0.15) is 0 Å². The first kappa shape index (κ1) is 15.1. The van der Waals surface area contributed by atoms with Crippen LogP contribution in [0.5, 0.6) is 11.5 Å². The second-order valence-electron chi connectivity index (χ2n) is 5.32. The van der Waals surface area contributed by atoms with Gasteiger partial charge in [-0.15, -0.1) is 0 Å². The molecule has 1 aliphatic heterocycles. The topological polar surface area (TPSA) is 39.7 Å². The lowest BCUT2D eigenvalue weighted by Gasteiger charge is -2.25. The summed E-state index contributed by atoms with van der Waals surface area (Å²) in [5.74, 6) is 2.12. The largest absolute Gasteiger partial charge is 0.493 e. The summed E-state index contributed by atoms with van der Waals surface area (Å²) in [5.41, 5.74) is 1.25. The predicted molar refractivity (Wildman–Crippen MR) is 79.6 cm³/mol. The molecule has 0 radical (unpaired) electrons. The molecule has 1 heterocycles. The van der Waals surface area contributed by atoms with E-state index in [0.717, 1.165) is 30.9 Å². The molecule has 0 spiro atoms. The summed E-state index contributed by atoms with van der Waals surface area (Å²) in [4.78, 5) is 0. The summed E-state index contributed by atoms with van der Waals surface area (Å²) in [7, 11) is 5.35. The van der Waals surface area contributed by atoms with Crippen LogP contribution in [0, 0.1) is 5.92 Å². The average molecular weight is 279 g/mol. The fraction of sp³-hybridized carbons (Fsp3) is 0.625. The molecule has 1 N–H and O–H groups in total. The van der Waals surface area contributed by atoms with Crippen LogP contribution in [0.2, 0.25) is 0 Å². The smallest absolute Gasteiger partial charge is 0.160 e. The molecule has 1 fully saturated rings. The maximum Gasteiger partial charge on any atom is 0.160 e. The molecular formula is C16H25NO3. The third-order valence-electron chi connectivity index (χ3n) is 4.23. The fourth-order valence-corrected chi connectivity index (χ4v) is 3.01. The molecule has 1 aromatic rings. The number of methoxy groups -OCH3 is 2. The minimum atomic E-state index is 0.326. The Morgan fingerprint density at radius 3 is 2.60 bits per heavy atom. The molecule has 1 aromatic carbocycles. The lowest BCUT2D eigenvalue weighted by Crippen LogP contribution is -2.38. The van der Waals surface area contributed by atoms with E-state index in [0.29, 0.717) is 18.1 Å². The van der Waals surface area contributed by atoms with Crippen LogP contribution in [0.15, 0.2) is 18.2 Å². The first-order valence-electron chi connectivity index (χ1n) is 7.19. The minimum Gasteiger partial charge on any atom is -0.493 e. The molecule has 3 unspecified atom stereocenters. The molecule has 1 saturated heterocycles. The minimum absolute atomic E-state index is 0.326. The van der Waals surface area contributed by atoms with Crippen molar-refractivity contribution in [2.75, 3.05) is 27.9 Å². The number of benzene rings is 1. The van der Waals surface area contributed by atoms with Gasteiger partial charge in [0.05, 0.1) is 20.3 Å². The molecule has 0 aromatic heterocycles. The maximum atomic E-state index is 5.68. The molecule has 3 atom stereocenters. The van der Waals surface area contributed by atoms with Gasteiger partial charge < -0.3 is 19.5 Å². The highest BCUT2D eigenvalue weighted by Crippen LogP contribution is 2.30. The normalized spacial score (nSPS) is 23.6. The summed E-state index contributed by atoms with van der Waals surface area (Å²) < 4.78 is 16.3. The van der Waals surface area contributed by atoms with Gasteiger partial charge in [-0.25, -0.2) is 0 Å². The van der Waals surface area contributed by atoms with Crippen LogP contribution in [-0.2, 0) is 11.2 Å². The van der Waals surface area contributed by atoms with Crippen molar-refractivity contribution in [2.24, 2.45) is 5.92 Å². The zero-order chi connectivity index (χ0) is 14.5. The van der Waals surface area contributed by atoms with E-state index in [1.165, 1.54) is 5.56 Å². The van der Waals surface area contributed by atoms with Crippen molar-refractivity contribution in [2.45, 2.75) is 31.9 Å². The van der Waals surface area contributed by atoms with Crippen molar-refractivity contribution >= 4 is 0 Å². The number of hydrogen-bond acceptors (Lipinski definition) is 4. The highest BCUT2D eigenvalue weighted by atomic mass is 16.5. The highest BCUT2D eigenvalue weighted by molar-refractivity contribution is 5.43. The number of ether oxygens (including phenoxy) is 3. The molecular weight excluding hydrogens is 254 g/mol. The van der Waals surface area contributed by atoms with Gasteiger partial charge in [0, 0.05) is 18.6 Å². The first-order chi connectivity index (χ1) is 9.69. The highest BCUT2D eigenvalue weighted by Gasteiger charge is 2.31. The summed E-state index contributed by atoms with van der Waals surface area (Å²) in [6.45, 7) is 3.03. The van der Waals surface area contributed by atoms with Crippen LogP contribution in [0.3, 0.4) is 0 Å². The van der Waals surface area contributed by atoms with Crippen molar-refractivity contribution in [1.29, 1.82) is 0 Å². The Labute approximate surface area is 121 Å². The Hall–Kier alpha value is -1.26. The molecule has 0 bridgehead atoms. The van der Waals surface area contributed by atoms with Crippen molar-refractivity contribution < 1.29 is 14.2 Å². The summed E-state index contributed by atoms with van der Waals surface area (Å²) >= 11 is 0. The van der Waals surface area contributed by atoms with Crippen molar-refractivity contribution in [1.82, 2.24) is 5.32 Å². The molecule has 0 aliphatic carbocycles. The van der Waals surface area contributed by atoms with Gasteiger partial charge in [0.15, 0.2) is 11.5 Å². The van der Waals surface area contributed by atoms with Crippen LogP contribution < -0.4 is 14.8 Å². The van der Waals surface area contributed by atoms with E-state index >= 15 is 0 Å². The van der Waals surface area contributed by atoms with Gasteiger partial charge in [-0.1, -0.05) is 6.07 Å². The third-order valence-corrected chi connectivity index (χ3v) is 4.23. The standard InChI is InChI=1S/C16H25NO3/c1-11-13(7-8-20-11)14(17-2)9-12-5-6-15(18-3)16(10-12)19-4/h5-6,10-11,13-14,17H,7-9H2,1-4H3. The Kier molecular flexibility index (Phi) is 5.26. The lowest BCUT2D eigenvalue weighted by atomic mass is 9.89. The first-order valence-corrected chi connectivity index (χ1v) is 7.19. The predicted octanol–water partition coefficient (Wildman–Crippen LogP) is 2.26. The van der Waals surface area contributed by atoms with E-state index in [9.17, 15) is 0 Å². The molecule has 0 amide bonds. The van der Waals surface area contributed by atoms with Crippen LogP contribution in [0.1, 0.15) is 18.9 Å². The quantitative estimate of drug-likeness (QED) is 0.867. The Balaban J connectivity index is 2.11. The van der Waals surface area contributed by atoms with Gasteiger partial charge in [0.2, 0.25) is 0 Å². The van der Waals surface area contributed by atoms with Crippen molar-refractivity contribution in [3.05, 3.63) is 23.8 Å². The maximum absolute atomic E-state index is 5.68. The molecule has 4 heteroatoms. The zero-order valence-corrected chi connectivity index (χ0v) is 12.8. The van der Waals surface area contributed by atoms with Crippen LogP contribution >= 0.6 is 0 Å². The van der Waals surface area contributed by atoms with Gasteiger partial charge in [-0.05, 0) is 44.5 Å². The number of rotatable bonds is 6. The van der Waals surface area contributed by atoms with E-state index < -0.39 is 0 Å². The van der Waals surface area contributed by atoms with Crippen molar-refractivity contribution in [3.63, 3.8) is 0 Å².